The number of nitrogens with zero attached hydrogens (tertiary/aromatic N) is 2. The summed E-state index contributed by atoms with van der Waals surface area (Å²) >= 11 is 0. The lowest BCUT2D eigenvalue weighted by molar-refractivity contribution is 0.0691. The monoisotopic (exact) mass is 205 g/mol. The van der Waals surface area contributed by atoms with Gasteiger partial charge in [-0.2, -0.15) is 5.10 Å². The van der Waals surface area contributed by atoms with Gasteiger partial charge in [-0.15, -0.1) is 0 Å². The molecule has 0 amide bonds. The Hall–Kier alpha value is -2.04. The second-order valence-corrected chi connectivity index (χ2v) is 3.44. The van der Waals surface area contributed by atoms with Crippen LogP contribution in [0.5, 0.6) is 0 Å². The molecule has 0 aliphatic rings. The Bertz CT molecular complexity index is 510. The van der Waals surface area contributed by atoms with E-state index in [-0.39, 0.29) is 5.69 Å². The van der Waals surface area contributed by atoms with Crippen LogP contribution in [-0.4, -0.2) is 25.8 Å². The van der Waals surface area contributed by atoms with Crippen molar-refractivity contribution in [1.82, 2.24) is 14.8 Å². The van der Waals surface area contributed by atoms with E-state index in [1.165, 1.54) is 0 Å². The molecule has 2 aromatic heterocycles. The standard InChI is InChI=1S/C10H11N3O2/c1-6-8(7-3-4-13(2)5-7)9(10(14)15)12-11-6/h3-5H,1-2H3,(H,11,12)(H,14,15). The molecule has 2 heterocycles. The zero-order valence-electron chi connectivity index (χ0n) is 8.48. The first-order valence-electron chi connectivity index (χ1n) is 4.50. The van der Waals surface area contributed by atoms with Crippen molar-refractivity contribution in [3.05, 3.63) is 29.8 Å². The summed E-state index contributed by atoms with van der Waals surface area (Å²) in [5.41, 5.74) is 2.35. The molecule has 0 saturated carbocycles. The number of rotatable bonds is 2. The van der Waals surface area contributed by atoms with Crippen molar-refractivity contribution in [2.45, 2.75) is 6.92 Å². The lowest BCUT2D eigenvalue weighted by Crippen LogP contribution is -1.98. The number of carboxylic acids is 1. The lowest BCUT2D eigenvalue weighted by atomic mass is 10.1. The van der Waals surface area contributed by atoms with E-state index in [1.807, 2.05) is 37.0 Å². The van der Waals surface area contributed by atoms with Gasteiger partial charge >= 0.3 is 5.97 Å². The summed E-state index contributed by atoms with van der Waals surface area (Å²) in [7, 11) is 1.89. The Labute approximate surface area is 86.4 Å². The molecule has 0 fully saturated rings. The number of nitrogens with one attached hydrogen (secondary N) is 1. The van der Waals surface area contributed by atoms with Crippen LogP contribution < -0.4 is 0 Å². The Morgan fingerprint density at radius 1 is 1.60 bits per heavy atom. The largest absolute Gasteiger partial charge is 0.476 e. The van der Waals surface area contributed by atoms with Crippen molar-refractivity contribution in [2.24, 2.45) is 7.05 Å². The third-order valence-electron chi connectivity index (χ3n) is 2.27. The summed E-state index contributed by atoms with van der Waals surface area (Å²) in [5, 5.41) is 15.4. The maximum absolute atomic E-state index is 10.9. The highest BCUT2D eigenvalue weighted by atomic mass is 16.4. The van der Waals surface area contributed by atoms with Crippen molar-refractivity contribution in [3.8, 4) is 11.1 Å². The summed E-state index contributed by atoms with van der Waals surface area (Å²) in [5.74, 6) is -1.02. The number of hydrogen-bond acceptors (Lipinski definition) is 2. The zero-order valence-corrected chi connectivity index (χ0v) is 8.48. The van der Waals surface area contributed by atoms with Gasteiger partial charge < -0.3 is 9.67 Å². The van der Waals surface area contributed by atoms with Crippen LogP contribution in [0.1, 0.15) is 16.2 Å². The van der Waals surface area contributed by atoms with E-state index >= 15 is 0 Å². The van der Waals surface area contributed by atoms with E-state index in [0.29, 0.717) is 5.56 Å². The van der Waals surface area contributed by atoms with E-state index < -0.39 is 5.97 Å². The number of carboxylic acid groups (broad SMARTS) is 1. The molecule has 0 saturated heterocycles. The van der Waals surface area contributed by atoms with Crippen LogP contribution in [0.2, 0.25) is 0 Å². The molecule has 5 heteroatoms. The van der Waals surface area contributed by atoms with Crippen LogP contribution in [0, 0.1) is 6.92 Å². The average molecular weight is 205 g/mol. The number of hydrogen-bond donors (Lipinski definition) is 2. The molecule has 2 aromatic rings. The minimum absolute atomic E-state index is 0.0682. The van der Waals surface area contributed by atoms with Gasteiger partial charge in [-0.05, 0) is 13.0 Å². The Morgan fingerprint density at radius 3 is 2.87 bits per heavy atom. The first-order chi connectivity index (χ1) is 7.09. The Morgan fingerprint density at radius 2 is 2.33 bits per heavy atom. The van der Waals surface area contributed by atoms with E-state index in [2.05, 4.69) is 10.2 Å². The quantitative estimate of drug-likeness (QED) is 0.778. The fourth-order valence-electron chi connectivity index (χ4n) is 1.59. The molecule has 2 rings (SSSR count). The minimum Gasteiger partial charge on any atom is -0.476 e. The normalized spacial score (nSPS) is 10.5. The summed E-state index contributed by atoms with van der Waals surface area (Å²) in [6.07, 6.45) is 3.73. The third kappa shape index (κ3) is 1.52. The van der Waals surface area contributed by atoms with Gasteiger partial charge in [0.25, 0.3) is 0 Å². The van der Waals surface area contributed by atoms with Gasteiger partial charge in [0, 0.05) is 36.3 Å². The molecule has 0 atom stereocenters. The minimum atomic E-state index is -1.02. The molecule has 0 spiro atoms. The molecule has 15 heavy (non-hydrogen) atoms. The van der Waals surface area contributed by atoms with Gasteiger partial charge in [0.1, 0.15) is 0 Å². The SMILES string of the molecule is Cc1[nH]nc(C(=O)O)c1-c1ccn(C)c1. The van der Waals surface area contributed by atoms with Crippen molar-refractivity contribution >= 4 is 5.97 Å². The predicted octanol–water partition coefficient (Wildman–Crippen LogP) is 1.42. The first-order valence-corrected chi connectivity index (χ1v) is 4.50. The lowest BCUT2D eigenvalue weighted by Gasteiger charge is -1.96. The first kappa shape index (κ1) is 9.51. The summed E-state index contributed by atoms with van der Waals surface area (Å²) in [6.45, 7) is 1.81. The van der Waals surface area contributed by atoms with Crippen molar-refractivity contribution in [2.75, 3.05) is 0 Å². The zero-order chi connectivity index (χ0) is 11.0. The van der Waals surface area contributed by atoms with Crippen LogP contribution in [0.4, 0.5) is 0 Å². The average Bonchev–Trinajstić information content (AvgIpc) is 2.71. The number of aromatic carboxylic acids is 1. The van der Waals surface area contributed by atoms with Gasteiger partial charge in [0.05, 0.1) is 0 Å². The van der Waals surface area contributed by atoms with E-state index in [0.717, 1.165) is 11.3 Å². The van der Waals surface area contributed by atoms with Crippen LogP contribution in [0.15, 0.2) is 18.5 Å². The highest BCUT2D eigenvalue weighted by Gasteiger charge is 2.18. The second kappa shape index (κ2) is 3.27. The highest BCUT2D eigenvalue weighted by molar-refractivity contribution is 5.94. The van der Waals surface area contributed by atoms with Crippen LogP contribution >= 0.6 is 0 Å². The summed E-state index contributed by atoms with van der Waals surface area (Å²) in [4.78, 5) is 10.9. The molecule has 0 unspecified atom stereocenters. The number of aromatic amines is 1. The van der Waals surface area contributed by atoms with E-state index in [1.54, 1.807) is 0 Å². The van der Waals surface area contributed by atoms with Gasteiger partial charge in [0.2, 0.25) is 0 Å². The van der Waals surface area contributed by atoms with Crippen LogP contribution in [0.25, 0.3) is 11.1 Å². The van der Waals surface area contributed by atoms with E-state index in [9.17, 15) is 4.79 Å². The molecule has 78 valence electrons. The molecule has 0 aromatic carbocycles. The van der Waals surface area contributed by atoms with Gasteiger partial charge in [0.15, 0.2) is 5.69 Å². The van der Waals surface area contributed by atoms with E-state index in [4.69, 9.17) is 5.11 Å². The predicted molar refractivity (Wildman–Crippen MR) is 54.7 cm³/mol. The van der Waals surface area contributed by atoms with Crippen LogP contribution in [-0.2, 0) is 7.05 Å². The van der Waals surface area contributed by atoms with Gasteiger partial charge in [-0.25, -0.2) is 4.79 Å². The van der Waals surface area contributed by atoms with Crippen LogP contribution in [0.3, 0.4) is 0 Å². The van der Waals surface area contributed by atoms with Gasteiger partial charge in [-0.3, -0.25) is 5.10 Å². The fourth-order valence-corrected chi connectivity index (χ4v) is 1.59. The third-order valence-corrected chi connectivity index (χ3v) is 2.27. The molecular formula is C10H11N3O2. The molecule has 0 radical (unpaired) electrons. The molecule has 2 N–H and O–H groups in total. The van der Waals surface area contributed by atoms with Crippen molar-refractivity contribution < 1.29 is 9.90 Å². The highest BCUT2D eigenvalue weighted by Crippen LogP contribution is 2.25. The topological polar surface area (TPSA) is 70.9 Å². The second-order valence-electron chi connectivity index (χ2n) is 3.44. The number of aromatic nitrogens is 3. The maximum Gasteiger partial charge on any atom is 0.357 e. The van der Waals surface area contributed by atoms with Crippen molar-refractivity contribution in [3.63, 3.8) is 0 Å². The number of H-pyrrole nitrogens is 1. The smallest absolute Gasteiger partial charge is 0.357 e. The Balaban J connectivity index is 2.60. The molecule has 0 aliphatic carbocycles. The summed E-state index contributed by atoms with van der Waals surface area (Å²) in [6, 6.07) is 1.87. The molecular weight excluding hydrogens is 194 g/mol. The maximum atomic E-state index is 10.9. The molecule has 0 bridgehead atoms. The van der Waals surface area contributed by atoms with Gasteiger partial charge in [-0.1, -0.05) is 0 Å². The molecule has 5 nitrogen and oxygen atoms in total. The summed E-state index contributed by atoms with van der Waals surface area (Å²) < 4.78 is 1.87. The number of aryl methyl sites for hydroxylation is 2. The molecule has 0 aliphatic heterocycles. The van der Waals surface area contributed by atoms with Crippen molar-refractivity contribution in [1.29, 1.82) is 0 Å². The number of carbonyl (C=O) groups is 1. The fraction of sp³-hybridized carbons (Fsp3) is 0.200. The Kier molecular flexibility index (Phi) is 2.07.